The second-order valence-corrected chi connectivity index (χ2v) is 7.38. The molecule has 0 aliphatic carbocycles. The number of aryl methyl sites for hydroxylation is 2. The Labute approximate surface area is 148 Å². The number of rotatable bonds is 7. The van der Waals surface area contributed by atoms with Crippen LogP contribution in [-0.4, -0.2) is 27.5 Å². The van der Waals surface area contributed by atoms with Crippen molar-refractivity contribution in [3.8, 4) is 0 Å². The zero-order chi connectivity index (χ0) is 18.6. The van der Waals surface area contributed by atoms with Gasteiger partial charge in [0.05, 0.1) is 17.2 Å². The molecule has 6 nitrogen and oxygen atoms in total. The van der Waals surface area contributed by atoms with E-state index in [1.54, 1.807) is 6.07 Å². The topological polar surface area (TPSA) is 90.0 Å². The summed E-state index contributed by atoms with van der Waals surface area (Å²) in [6, 6.07) is 5.54. The van der Waals surface area contributed by atoms with E-state index in [9.17, 15) is 9.59 Å². The Kier molecular flexibility index (Phi) is 5.95. The zero-order valence-corrected chi connectivity index (χ0v) is 15.5. The van der Waals surface area contributed by atoms with Crippen LogP contribution in [0.3, 0.4) is 0 Å². The highest BCUT2D eigenvalue weighted by Crippen LogP contribution is 2.15. The van der Waals surface area contributed by atoms with E-state index in [1.807, 2.05) is 26.0 Å². The number of fused-ring (bicyclic) bond motifs is 1. The molecule has 0 aliphatic heterocycles. The smallest absolute Gasteiger partial charge is 0.261 e. The van der Waals surface area contributed by atoms with Crippen molar-refractivity contribution in [1.29, 1.82) is 0 Å². The van der Waals surface area contributed by atoms with Crippen molar-refractivity contribution in [3.05, 3.63) is 40.4 Å². The van der Waals surface area contributed by atoms with E-state index in [4.69, 9.17) is 5.73 Å². The quantitative estimate of drug-likeness (QED) is 0.803. The van der Waals surface area contributed by atoms with Crippen molar-refractivity contribution in [2.45, 2.75) is 52.6 Å². The Hall–Kier alpha value is -2.21. The lowest BCUT2D eigenvalue weighted by Crippen LogP contribution is -2.52. The molecule has 0 saturated heterocycles. The predicted octanol–water partition coefficient (Wildman–Crippen LogP) is 1.97. The summed E-state index contributed by atoms with van der Waals surface area (Å²) in [5.74, 6) is 0.328. The summed E-state index contributed by atoms with van der Waals surface area (Å²) in [7, 11) is 0. The number of aromatic nitrogens is 2. The Morgan fingerprint density at radius 2 is 2.12 bits per heavy atom. The Morgan fingerprint density at radius 3 is 2.76 bits per heavy atom. The molecule has 0 saturated carbocycles. The van der Waals surface area contributed by atoms with Crippen LogP contribution < -0.4 is 16.6 Å². The van der Waals surface area contributed by atoms with Gasteiger partial charge in [-0.25, -0.2) is 4.98 Å². The molecule has 2 rings (SSSR count). The van der Waals surface area contributed by atoms with Crippen molar-refractivity contribution in [1.82, 2.24) is 14.9 Å². The molecule has 136 valence electrons. The van der Waals surface area contributed by atoms with Gasteiger partial charge in [0.15, 0.2) is 0 Å². The summed E-state index contributed by atoms with van der Waals surface area (Å²) < 4.78 is 1.49. The van der Waals surface area contributed by atoms with Gasteiger partial charge in [0, 0.05) is 25.0 Å². The highest BCUT2D eigenvalue weighted by atomic mass is 16.2. The minimum absolute atomic E-state index is 0.107. The van der Waals surface area contributed by atoms with Crippen LogP contribution in [0, 0.1) is 12.8 Å². The fourth-order valence-electron chi connectivity index (χ4n) is 3.20. The molecule has 25 heavy (non-hydrogen) atoms. The largest absolute Gasteiger partial charge is 0.350 e. The van der Waals surface area contributed by atoms with Crippen LogP contribution in [0.4, 0.5) is 0 Å². The molecule has 6 heteroatoms. The van der Waals surface area contributed by atoms with Crippen LogP contribution in [0.15, 0.2) is 29.3 Å². The second kappa shape index (κ2) is 7.78. The van der Waals surface area contributed by atoms with E-state index in [0.717, 1.165) is 12.0 Å². The number of nitrogens with zero attached hydrogens (tertiary/aromatic N) is 2. The van der Waals surface area contributed by atoms with Crippen molar-refractivity contribution in [2.24, 2.45) is 11.7 Å². The van der Waals surface area contributed by atoms with Gasteiger partial charge in [-0.3, -0.25) is 14.2 Å². The Balaban J connectivity index is 2.08. The van der Waals surface area contributed by atoms with Crippen LogP contribution in [0.25, 0.3) is 10.9 Å². The van der Waals surface area contributed by atoms with E-state index in [0.29, 0.717) is 29.9 Å². The molecule has 1 atom stereocenters. The number of hydrogen-bond donors (Lipinski definition) is 2. The lowest BCUT2D eigenvalue weighted by Gasteiger charge is -2.31. The molecular weight excluding hydrogens is 316 g/mol. The summed E-state index contributed by atoms with van der Waals surface area (Å²) in [5.41, 5.74) is 6.96. The first-order valence-electron chi connectivity index (χ1n) is 8.71. The lowest BCUT2D eigenvalue weighted by molar-refractivity contribution is -0.123. The molecule has 0 bridgehead atoms. The molecule has 3 N–H and O–H groups in total. The van der Waals surface area contributed by atoms with Crippen LogP contribution in [0.2, 0.25) is 0 Å². The normalized spacial score (nSPS) is 13.8. The van der Waals surface area contributed by atoms with E-state index < -0.39 is 5.54 Å². The van der Waals surface area contributed by atoms with Crippen LogP contribution in [-0.2, 0) is 11.3 Å². The summed E-state index contributed by atoms with van der Waals surface area (Å²) in [6.07, 6.45) is 2.54. The molecule has 0 fully saturated rings. The summed E-state index contributed by atoms with van der Waals surface area (Å²) in [4.78, 5) is 29.2. The maximum Gasteiger partial charge on any atom is 0.261 e. The molecule has 0 aliphatic rings. The summed E-state index contributed by atoms with van der Waals surface area (Å²) >= 11 is 0. The summed E-state index contributed by atoms with van der Waals surface area (Å²) in [6.45, 7) is 8.76. The van der Waals surface area contributed by atoms with Crippen molar-refractivity contribution >= 4 is 16.8 Å². The van der Waals surface area contributed by atoms with Gasteiger partial charge in [0.25, 0.3) is 5.56 Å². The SMILES string of the molecule is Cc1cccc2c(=O)n(CCC(=O)NC(C)(CN)CC(C)C)cnc12. The van der Waals surface area contributed by atoms with Gasteiger partial charge in [-0.2, -0.15) is 0 Å². The van der Waals surface area contributed by atoms with Crippen molar-refractivity contribution in [3.63, 3.8) is 0 Å². The molecule has 1 heterocycles. The maximum absolute atomic E-state index is 12.6. The third-order valence-electron chi connectivity index (χ3n) is 4.39. The third-order valence-corrected chi connectivity index (χ3v) is 4.39. The maximum atomic E-state index is 12.6. The molecule has 0 spiro atoms. The van der Waals surface area contributed by atoms with Gasteiger partial charge in [-0.05, 0) is 37.8 Å². The minimum Gasteiger partial charge on any atom is -0.350 e. The number of nitrogens with one attached hydrogen (secondary N) is 1. The Bertz CT molecular complexity index is 813. The fraction of sp³-hybridized carbons (Fsp3) is 0.526. The van der Waals surface area contributed by atoms with Gasteiger partial charge in [0.1, 0.15) is 0 Å². The average Bonchev–Trinajstić information content (AvgIpc) is 2.54. The summed E-state index contributed by atoms with van der Waals surface area (Å²) in [5, 5.41) is 3.59. The van der Waals surface area contributed by atoms with Crippen molar-refractivity contribution in [2.75, 3.05) is 6.54 Å². The number of hydrogen-bond acceptors (Lipinski definition) is 4. The van der Waals surface area contributed by atoms with Gasteiger partial charge in [-0.15, -0.1) is 0 Å². The zero-order valence-electron chi connectivity index (χ0n) is 15.5. The number of carbonyl (C=O) groups is 1. The number of benzene rings is 1. The molecule has 0 radical (unpaired) electrons. The van der Waals surface area contributed by atoms with Gasteiger partial charge < -0.3 is 11.1 Å². The van der Waals surface area contributed by atoms with Crippen LogP contribution in [0.5, 0.6) is 0 Å². The molecular formula is C19H28N4O2. The van der Waals surface area contributed by atoms with Gasteiger partial charge >= 0.3 is 0 Å². The molecule has 1 amide bonds. The fourth-order valence-corrected chi connectivity index (χ4v) is 3.20. The van der Waals surface area contributed by atoms with Crippen LogP contribution >= 0.6 is 0 Å². The molecule has 2 aromatic rings. The first-order valence-corrected chi connectivity index (χ1v) is 8.71. The highest BCUT2D eigenvalue weighted by Gasteiger charge is 2.25. The van der Waals surface area contributed by atoms with Crippen LogP contribution in [0.1, 0.15) is 39.2 Å². The number of carbonyl (C=O) groups excluding carboxylic acids is 1. The molecule has 1 unspecified atom stereocenters. The van der Waals surface area contributed by atoms with E-state index in [1.165, 1.54) is 10.9 Å². The van der Waals surface area contributed by atoms with E-state index in [-0.39, 0.29) is 17.9 Å². The Morgan fingerprint density at radius 1 is 1.40 bits per heavy atom. The molecule has 1 aromatic carbocycles. The average molecular weight is 344 g/mol. The third kappa shape index (κ3) is 4.66. The first-order chi connectivity index (χ1) is 11.8. The van der Waals surface area contributed by atoms with Gasteiger partial charge in [-0.1, -0.05) is 26.0 Å². The van der Waals surface area contributed by atoms with E-state index in [2.05, 4.69) is 24.1 Å². The predicted molar refractivity (Wildman–Crippen MR) is 100 cm³/mol. The standard InChI is InChI=1S/C19H28N4O2/c1-13(2)10-19(4,11-20)22-16(24)8-9-23-12-21-17-14(3)6-5-7-15(17)18(23)25/h5-7,12-13H,8-11,20H2,1-4H3,(H,22,24). The van der Waals surface area contributed by atoms with E-state index >= 15 is 0 Å². The number of nitrogens with two attached hydrogens (primary N) is 1. The van der Waals surface area contributed by atoms with Crippen molar-refractivity contribution < 1.29 is 4.79 Å². The lowest BCUT2D eigenvalue weighted by atomic mass is 9.90. The number of amides is 1. The highest BCUT2D eigenvalue weighted by molar-refractivity contribution is 5.80. The molecule has 1 aromatic heterocycles. The van der Waals surface area contributed by atoms with Gasteiger partial charge in [0.2, 0.25) is 5.91 Å². The monoisotopic (exact) mass is 344 g/mol. The first kappa shape index (κ1) is 19.1. The minimum atomic E-state index is -0.422. The second-order valence-electron chi connectivity index (χ2n) is 7.38. The number of para-hydroxylation sites is 1.